The minimum atomic E-state index is 0.570. The molecular formula is C22H30S. The van der Waals surface area contributed by atoms with Gasteiger partial charge in [-0.25, -0.2) is 0 Å². The standard InChI is InChI=1S/C22H30S/c1-17(2)15-21(19-11-7-5-8-12-19)23-22(16-18(3)4)20-13-9-6-10-14-20/h5-14,17-18,21-22H,15-16H2,1-4H3. The Morgan fingerprint density at radius 3 is 1.26 bits per heavy atom. The summed E-state index contributed by atoms with van der Waals surface area (Å²) in [5.41, 5.74) is 2.94. The molecule has 0 aliphatic carbocycles. The molecule has 2 rings (SSSR count). The molecule has 0 heterocycles. The van der Waals surface area contributed by atoms with Gasteiger partial charge in [-0.2, -0.15) is 0 Å². The number of benzene rings is 2. The third kappa shape index (κ3) is 6.06. The summed E-state index contributed by atoms with van der Waals surface area (Å²) >= 11 is 2.15. The molecule has 124 valence electrons. The van der Waals surface area contributed by atoms with Crippen molar-refractivity contribution in [3.63, 3.8) is 0 Å². The molecule has 2 unspecified atom stereocenters. The fraction of sp³-hybridized carbons (Fsp3) is 0.455. The Balaban J connectivity index is 2.22. The molecule has 0 aromatic heterocycles. The highest BCUT2D eigenvalue weighted by Crippen LogP contribution is 2.46. The molecule has 0 bridgehead atoms. The van der Waals surface area contributed by atoms with Crippen LogP contribution in [0.25, 0.3) is 0 Å². The van der Waals surface area contributed by atoms with E-state index >= 15 is 0 Å². The largest absolute Gasteiger partial charge is 0.146 e. The van der Waals surface area contributed by atoms with Crippen molar-refractivity contribution in [3.05, 3.63) is 71.8 Å². The monoisotopic (exact) mass is 326 g/mol. The summed E-state index contributed by atoms with van der Waals surface area (Å²) in [6.45, 7) is 9.32. The van der Waals surface area contributed by atoms with Crippen LogP contribution in [0.5, 0.6) is 0 Å². The quantitative estimate of drug-likeness (QED) is 0.490. The van der Waals surface area contributed by atoms with Crippen LogP contribution >= 0.6 is 11.8 Å². The van der Waals surface area contributed by atoms with Crippen LogP contribution in [0.2, 0.25) is 0 Å². The van der Waals surface area contributed by atoms with E-state index in [0.29, 0.717) is 22.3 Å². The highest BCUT2D eigenvalue weighted by Gasteiger charge is 2.22. The zero-order chi connectivity index (χ0) is 16.7. The number of hydrogen-bond donors (Lipinski definition) is 0. The minimum absolute atomic E-state index is 0.570. The molecule has 0 N–H and O–H groups in total. The van der Waals surface area contributed by atoms with Gasteiger partial charge in [0, 0.05) is 10.5 Å². The molecule has 0 aliphatic heterocycles. The summed E-state index contributed by atoms with van der Waals surface area (Å²) in [6, 6.07) is 22.1. The lowest BCUT2D eigenvalue weighted by Gasteiger charge is -2.26. The third-order valence-corrected chi connectivity index (χ3v) is 5.63. The van der Waals surface area contributed by atoms with E-state index in [1.807, 2.05) is 0 Å². The lowest BCUT2D eigenvalue weighted by Crippen LogP contribution is -2.06. The molecule has 0 aliphatic rings. The molecule has 23 heavy (non-hydrogen) atoms. The summed E-state index contributed by atoms with van der Waals surface area (Å²) in [7, 11) is 0. The van der Waals surface area contributed by atoms with E-state index in [0.717, 1.165) is 0 Å². The van der Waals surface area contributed by atoms with Crippen LogP contribution < -0.4 is 0 Å². The zero-order valence-electron chi connectivity index (χ0n) is 14.9. The maximum Gasteiger partial charge on any atom is 0.0305 e. The van der Waals surface area contributed by atoms with E-state index in [2.05, 4.69) is 100 Å². The Labute approximate surface area is 146 Å². The molecule has 0 fully saturated rings. The fourth-order valence-electron chi connectivity index (χ4n) is 2.93. The Morgan fingerprint density at radius 2 is 0.957 bits per heavy atom. The van der Waals surface area contributed by atoms with Crippen molar-refractivity contribution in [2.24, 2.45) is 11.8 Å². The summed E-state index contributed by atoms with van der Waals surface area (Å²) in [4.78, 5) is 0. The predicted molar refractivity (Wildman–Crippen MR) is 105 cm³/mol. The van der Waals surface area contributed by atoms with Crippen molar-refractivity contribution in [2.45, 2.75) is 51.0 Å². The highest BCUT2D eigenvalue weighted by molar-refractivity contribution is 7.99. The average Bonchev–Trinajstić information content (AvgIpc) is 2.54. The van der Waals surface area contributed by atoms with E-state index in [4.69, 9.17) is 0 Å². The van der Waals surface area contributed by atoms with E-state index in [-0.39, 0.29) is 0 Å². The second-order valence-electron chi connectivity index (χ2n) is 7.19. The minimum Gasteiger partial charge on any atom is -0.146 e. The first-order valence-electron chi connectivity index (χ1n) is 8.81. The lowest BCUT2D eigenvalue weighted by molar-refractivity contribution is 0.562. The summed E-state index contributed by atoms with van der Waals surface area (Å²) in [6.07, 6.45) is 2.46. The molecule has 2 aromatic rings. The Bertz CT molecular complexity index is 493. The van der Waals surface area contributed by atoms with Crippen LogP contribution in [-0.2, 0) is 0 Å². The van der Waals surface area contributed by atoms with Gasteiger partial charge in [0.1, 0.15) is 0 Å². The van der Waals surface area contributed by atoms with Crippen molar-refractivity contribution < 1.29 is 0 Å². The second kappa shape index (κ2) is 9.17. The van der Waals surface area contributed by atoms with Crippen molar-refractivity contribution in [1.82, 2.24) is 0 Å². The van der Waals surface area contributed by atoms with Gasteiger partial charge in [0.2, 0.25) is 0 Å². The normalized spacial score (nSPS) is 14.2. The number of rotatable bonds is 8. The van der Waals surface area contributed by atoms with Gasteiger partial charge in [0.05, 0.1) is 0 Å². The molecule has 0 saturated heterocycles. The molecular weight excluding hydrogens is 296 g/mol. The second-order valence-corrected chi connectivity index (χ2v) is 8.60. The smallest absolute Gasteiger partial charge is 0.0305 e. The summed E-state index contributed by atoms with van der Waals surface area (Å²) in [5, 5.41) is 1.14. The van der Waals surface area contributed by atoms with Gasteiger partial charge >= 0.3 is 0 Å². The number of thioether (sulfide) groups is 1. The first-order valence-corrected chi connectivity index (χ1v) is 9.76. The van der Waals surface area contributed by atoms with Crippen molar-refractivity contribution in [2.75, 3.05) is 0 Å². The van der Waals surface area contributed by atoms with Crippen LogP contribution in [-0.4, -0.2) is 0 Å². The maximum absolute atomic E-state index is 2.33. The average molecular weight is 327 g/mol. The molecule has 0 amide bonds. The van der Waals surface area contributed by atoms with Gasteiger partial charge in [0.15, 0.2) is 0 Å². The Kier molecular flexibility index (Phi) is 7.23. The third-order valence-electron chi connectivity index (χ3n) is 4.04. The van der Waals surface area contributed by atoms with Crippen LogP contribution in [0.3, 0.4) is 0 Å². The lowest BCUT2D eigenvalue weighted by atomic mass is 10.0. The predicted octanol–water partition coefficient (Wildman–Crippen LogP) is 7.29. The van der Waals surface area contributed by atoms with E-state index in [9.17, 15) is 0 Å². The van der Waals surface area contributed by atoms with Gasteiger partial charge in [-0.3, -0.25) is 0 Å². The van der Waals surface area contributed by atoms with Crippen molar-refractivity contribution in [1.29, 1.82) is 0 Å². The SMILES string of the molecule is CC(C)CC(SC(CC(C)C)c1ccccc1)c1ccccc1. The Hall–Kier alpha value is -1.21. The zero-order valence-corrected chi connectivity index (χ0v) is 15.7. The summed E-state index contributed by atoms with van der Waals surface area (Å²) in [5.74, 6) is 1.42. The highest BCUT2D eigenvalue weighted by atomic mass is 32.2. The van der Waals surface area contributed by atoms with Crippen LogP contribution in [0.1, 0.15) is 62.2 Å². The molecule has 1 heteroatoms. The van der Waals surface area contributed by atoms with Crippen LogP contribution in [0.15, 0.2) is 60.7 Å². The fourth-order valence-corrected chi connectivity index (χ4v) is 4.95. The van der Waals surface area contributed by atoms with E-state index in [1.54, 1.807) is 0 Å². The van der Waals surface area contributed by atoms with Gasteiger partial charge in [-0.05, 0) is 35.8 Å². The van der Waals surface area contributed by atoms with Crippen LogP contribution in [0.4, 0.5) is 0 Å². The molecule has 2 aromatic carbocycles. The first-order chi connectivity index (χ1) is 11.1. The first kappa shape index (κ1) is 18.1. The van der Waals surface area contributed by atoms with Gasteiger partial charge in [0.25, 0.3) is 0 Å². The van der Waals surface area contributed by atoms with E-state index in [1.165, 1.54) is 24.0 Å². The molecule has 0 nitrogen and oxygen atoms in total. The van der Waals surface area contributed by atoms with Gasteiger partial charge < -0.3 is 0 Å². The topological polar surface area (TPSA) is 0 Å². The van der Waals surface area contributed by atoms with Crippen molar-refractivity contribution >= 4 is 11.8 Å². The van der Waals surface area contributed by atoms with Crippen LogP contribution in [0, 0.1) is 11.8 Å². The molecule has 2 atom stereocenters. The van der Waals surface area contributed by atoms with E-state index < -0.39 is 0 Å². The molecule has 0 spiro atoms. The maximum atomic E-state index is 2.33. The number of hydrogen-bond acceptors (Lipinski definition) is 1. The van der Waals surface area contributed by atoms with Crippen molar-refractivity contribution in [3.8, 4) is 0 Å². The van der Waals surface area contributed by atoms with Gasteiger partial charge in [-0.15, -0.1) is 11.8 Å². The molecule has 0 saturated carbocycles. The van der Waals surface area contributed by atoms with Gasteiger partial charge in [-0.1, -0.05) is 88.4 Å². The summed E-state index contributed by atoms with van der Waals surface area (Å²) < 4.78 is 0. The Morgan fingerprint density at radius 1 is 0.609 bits per heavy atom. The molecule has 0 radical (unpaired) electrons.